The van der Waals surface area contributed by atoms with Gasteiger partial charge in [-0.3, -0.25) is 19.1 Å². The van der Waals surface area contributed by atoms with E-state index in [1.807, 2.05) is 0 Å². The van der Waals surface area contributed by atoms with Crippen LogP contribution in [0.4, 0.5) is 25.0 Å². The number of nitrogens with one attached hydrogen (secondary N) is 2. The van der Waals surface area contributed by atoms with Crippen LogP contribution in [-0.4, -0.2) is 67.5 Å². The van der Waals surface area contributed by atoms with Crippen molar-refractivity contribution in [3.63, 3.8) is 0 Å². The molecule has 0 radical (unpaired) electrons. The summed E-state index contributed by atoms with van der Waals surface area (Å²) in [4.78, 5) is 21.9. The molecule has 186 valence electrons. The van der Waals surface area contributed by atoms with Gasteiger partial charge in [0.05, 0.1) is 18.8 Å². The lowest BCUT2D eigenvalue weighted by molar-refractivity contribution is -0.119. The smallest absolute Gasteiger partial charge is 0.409 e. The number of anilines is 2. The first kappa shape index (κ1) is 25.0. The number of halogens is 2. The molecule has 1 aliphatic heterocycles. The summed E-state index contributed by atoms with van der Waals surface area (Å²) in [6, 6.07) is 4.02. The van der Waals surface area contributed by atoms with Crippen LogP contribution in [0.2, 0.25) is 0 Å². The Morgan fingerprint density at radius 3 is 2.74 bits per heavy atom. The minimum Gasteiger partial charge on any atom is -0.484 e. The monoisotopic (exact) mass is 503 g/mol. The Balaban J connectivity index is 2.07. The van der Waals surface area contributed by atoms with Crippen molar-refractivity contribution in [1.82, 2.24) is 15.1 Å². The first-order chi connectivity index (χ1) is 16.0. The van der Waals surface area contributed by atoms with Gasteiger partial charge < -0.3 is 19.9 Å². The Labute approximate surface area is 193 Å². The summed E-state index contributed by atoms with van der Waals surface area (Å²) >= 11 is 0. The third kappa shape index (κ3) is 5.65. The van der Waals surface area contributed by atoms with Crippen LogP contribution in [0, 0.1) is 0 Å². The van der Waals surface area contributed by atoms with Gasteiger partial charge >= 0.3 is 6.09 Å². The van der Waals surface area contributed by atoms with Crippen molar-refractivity contribution in [3.05, 3.63) is 24.4 Å². The van der Waals surface area contributed by atoms with Gasteiger partial charge in [0.1, 0.15) is 11.9 Å². The Morgan fingerprint density at radius 1 is 1.38 bits per heavy atom. The lowest BCUT2D eigenvalue weighted by Crippen LogP contribution is -2.48. The number of ether oxygens (including phenoxy) is 2. The first-order valence-corrected chi connectivity index (χ1v) is 11.5. The van der Waals surface area contributed by atoms with E-state index >= 15 is 0 Å². The second kappa shape index (κ2) is 10.1. The number of nitrogens with zero attached hydrogens (tertiary/aromatic N) is 3. The molecular weight excluding hydrogens is 480 g/mol. The molecule has 3 N–H and O–H groups in total. The van der Waals surface area contributed by atoms with E-state index in [1.54, 1.807) is 6.92 Å². The number of amides is 2. The van der Waals surface area contributed by atoms with Gasteiger partial charge in [-0.05, 0) is 25.1 Å². The second-order valence-corrected chi connectivity index (χ2v) is 9.01. The van der Waals surface area contributed by atoms with Crippen LogP contribution >= 0.6 is 0 Å². The molecule has 15 heteroatoms. The number of carbonyl (C=O) groups is 2. The van der Waals surface area contributed by atoms with E-state index in [2.05, 4.69) is 15.7 Å². The predicted molar refractivity (Wildman–Crippen MR) is 115 cm³/mol. The van der Waals surface area contributed by atoms with Gasteiger partial charge in [0.15, 0.2) is 11.5 Å². The number of benzene rings is 1. The number of alkyl halides is 2. The minimum atomic E-state index is -4.45. The molecule has 2 amide bonds. The van der Waals surface area contributed by atoms with Gasteiger partial charge in [-0.2, -0.15) is 0 Å². The van der Waals surface area contributed by atoms with E-state index < -0.39 is 46.0 Å². The average molecular weight is 503 g/mol. The summed E-state index contributed by atoms with van der Waals surface area (Å²) in [7, 11) is -4.45. The Hall–Kier alpha value is -3.62. The highest BCUT2D eigenvalue weighted by atomic mass is 32.2. The zero-order valence-corrected chi connectivity index (χ0v) is 19.0. The first-order valence-electron chi connectivity index (χ1n) is 10.1. The van der Waals surface area contributed by atoms with Gasteiger partial charge in [-0.25, -0.2) is 22.0 Å². The third-order valence-corrected chi connectivity index (χ3v) is 6.42. The number of sulfonamides is 1. The molecule has 0 saturated carbocycles. The van der Waals surface area contributed by atoms with Gasteiger partial charge in [0.2, 0.25) is 5.91 Å². The summed E-state index contributed by atoms with van der Waals surface area (Å²) < 4.78 is 65.7. The quantitative estimate of drug-likeness (QED) is 0.468. The lowest BCUT2D eigenvalue weighted by Gasteiger charge is -2.35. The lowest BCUT2D eigenvalue weighted by atomic mass is 10.2. The highest BCUT2D eigenvalue weighted by Gasteiger charge is 2.38. The summed E-state index contributed by atoms with van der Waals surface area (Å²) in [6.07, 6.45) is -3.84. The standard InChI is InChI=1S/C19H23F2N5O7S/c1-3-25-9-16(18(24-25)32-10-17(20)21)34(30,31)26-8-13(7-22-11(2)27)33-15-5-4-12(6-14(15)26)23-19(28)29/h4-6,9,13,17,23H,3,7-8,10H2,1-2H3,(H,22,27)(H,28,29). The van der Waals surface area contributed by atoms with Crippen LogP contribution in [0.15, 0.2) is 29.3 Å². The fourth-order valence-corrected chi connectivity index (χ4v) is 4.77. The summed E-state index contributed by atoms with van der Waals surface area (Å²) in [5.74, 6) is -0.732. The number of aryl methyl sites for hydroxylation is 1. The molecule has 1 atom stereocenters. The number of hydrogen-bond acceptors (Lipinski definition) is 7. The van der Waals surface area contributed by atoms with Crippen LogP contribution < -0.4 is 24.4 Å². The van der Waals surface area contributed by atoms with Crippen molar-refractivity contribution >= 4 is 33.4 Å². The molecule has 34 heavy (non-hydrogen) atoms. The molecule has 0 spiro atoms. The molecule has 1 aromatic carbocycles. The number of fused-ring (bicyclic) bond motifs is 1. The number of carboxylic acid groups (broad SMARTS) is 1. The Kier molecular flexibility index (Phi) is 7.44. The van der Waals surface area contributed by atoms with E-state index in [0.29, 0.717) is 0 Å². The van der Waals surface area contributed by atoms with Gasteiger partial charge in [-0.15, -0.1) is 5.10 Å². The maximum Gasteiger partial charge on any atom is 0.409 e. The van der Waals surface area contributed by atoms with Crippen LogP contribution in [0.5, 0.6) is 11.6 Å². The topological polar surface area (TPSA) is 152 Å². The molecule has 0 fully saturated rings. The fraction of sp³-hybridized carbons (Fsp3) is 0.421. The molecule has 0 aliphatic carbocycles. The molecule has 1 unspecified atom stereocenters. The number of aromatic nitrogens is 2. The van der Waals surface area contributed by atoms with Gasteiger partial charge in [0, 0.05) is 25.4 Å². The van der Waals surface area contributed by atoms with Crippen molar-refractivity contribution < 1.29 is 41.4 Å². The van der Waals surface area contributed by atoms with E-state index in [-0.39, 0.29) is 42.7 Å². The molecule has 2 heterocycles. The molecule has 0 bridgehead atoms. The number of hydrogen-bond donors (Lipinski definition) is 3. The number of rotatable bonds is 9. The van der Waals surface area contributed by atoms with E-state index in [0.717, 1.165) is 10.5 Å². The predicted octanol–water partition coefficient (Wildman–Crippen LogP) is 1.73. The molecular formula is C19H23F2N5O7S. The number of carbonyl (C=O) groups excluding carboxylic acids is 1. The molecule has 3 rings (SSSR count). The highest BCUT2D eigenvalue weighted by Crippen LogP contribution is 2.40. The molecule has 1 aromatic heterocycles. The minimum absolute atomic E-state index is 0.00869. The van der Waals surface area contributed by atoms with Gasteiger partial charge in [-0.1, -0.05) is 0 Å². The van der Waals surface area contributed by atoms with E-state index in [4.69, 9.17) is 14.6 Å². The van der Waals surface area contributed by atoms with E-state index in [1.165, 1.54) is 29.8 Å². The normalized spacial score (nSPS) is 15.4. The SMILES string of the molecule is CCn1cc(S(=O)(=O)N2CC(CNC(C)=O)Oc3ccc(NC(=O)O)cc32)c(OCC(F)F)n1. The Bertz CT molecular complexity index is 1170. The van der Waals surface area contributed by atoms with Crippen LogP contribution in [0.25, 0.3) is 0 Å². The molecule has 0 saturated heterocycles. The van der Waals surface area contributed by atoms with E-state index in [9.17, 15) is 26.8 Å². The summed E-state index contributed by atoms with van der Waals surface area (Å²) in [5.41, 5.74) is 0.0863. The fourth-order valence-electron chi connectivity index (χ4n) is 3.19. The zero-order chi connectivity index (χ0) is 25.0. The van der Waals surface area contributed by atoms with Crippen LogP contribution in [-0.2, 0) is 21.4 Å². The molecule has 12 nitrogen and oxygen atoms in total. The third-order valence-electron chi connectivity index (χ3n) is 4.66. The highest BCUT2D eigenvalue weighted by molar-refractivity contribution is 7.93. The summed E-state index contributed by atoms with van der Waals surface area (Å²) in [5, 5.41) is 17.6. The van der Waals surface area contributed by atoms with Gasteiger partial charge in [0.25, 0.3) is 22.3 Å². The Morgan fingerprint density at radius 2 is 2.12 bits per heavy atom. The zero-order valence-electron chi connectivity index (χ0n) is 18.2. The maximum atomic E-state index is 13.7. The summed E-state index contributed by atoms with van der Waals surface area (Å²) in [6.45, 7) is 1.88. The van der Waals surface area contributed by atoms with Crippen molar-refractivity contribution in [2.75, 3.05) is 29.3 Å². The van der Waals surface area contributed by atoms with Crippen molar-refractivity contribution in [1.29, 1.82) is 0 Å². The maximum absolute atomic E-state index is 13.7. The van der Waals surface area contributed by atoms with Crippen molar-refractivity contribution in [3.8, 4) is 11.6 Å². The molecule has 1 aliphatic rings. The van der Waals surface area contributed by atoms with Crippen molar-refractivity contribution in [2.45, 2.75) is 37.8 Å². The molecule has 2 aromatic rings. The largest absolute Gasteiger partial charge is 0.484 e. The van der Waals surface area contributed by atoms with Crippen LogP contribution in [0.1, 0.15) is 13.8 Å². The second-order valence-electron chi connectivity index (χ2n) is 7.18. The van der Waals surface area contributed by atoms with Crippen LogP contribution in [0.3, 0.4) is 0 Å². The van der Waals surface area contributed by atoms with Crippen molar-refractivity contribution in [2.24, 2.45) is 0 Å². The average Bonchev–Trinajstić information content (AvgIpc) is 3.19.